The van der Waals surface area contributed by atoms with Crippen LogP contribution < -0.4 is 3.96 Å². The Kier molecular flexibility index (Phi) is 18.4. The normalized spacial score (nSPS) is 9.33. The van der Waals surface area contributed by atoms with Crippen molar-refractivity contribution in [3.8, 4) is 0 Å². The first-order chi connectivity index (χ1) is 21.2. The molecule has 5 heterocycles. The van der Waals surface area contributed by atoms with Gasteiger partial charge in [-0.1, -0.05) is 35.4 Å². The van der Waals surface area contributed by atoms with Crippen LogP contribution in [0.25, 0.3) is 0 Å². The monoisotopic (exact) mass is 647 g/mol. The second-order valence-corrected chi connectivity index (χ2v) is 12.9. The molecule has 0 unspecified atom stereocenters. The molecule has 0 aliphatic carbocycles. The molecular weight excluding hydrogens is 601 g/mol. The van der Waals surface area contributed by atoms with Gasteiger partial charge in [0.05, 0.1) is 23.6 Å². The number of rotatable bonds is 0. The molecule has 0 spiro atoms. The summed E-state index contributed by atoms with van der Waals surface area (Å²) in [7, 11) is 1.98. The lowest BCUT2D eigenvalue weighted by Gasteiger charge is -1.90. The molecule has 0 amide bonds. The van der Waals surface area contributed by atoms with Gasteiger partial charge in [-0.2, -0.15) is 9.06 Å². The highest BCUT2D eigenvalue weighted by molar-refractivity contribution is 7.11. The van der Waals surface area contributed by atoms with Crippen LogP contribution in [-0.4, -0.2) is 45.1 Å². The Hall–Kier alpha value is -4.29. The highest BCUT2D eigenvalue weighted by atomic mass is 32.1. The summed E-state index contributed by atoms with van der Waals surface area (Å²) in [5.74, 6) is 3.33. The number of aromatic nitrogens is 10. The summed E-state index contributed by atoms with van der Waals surface area (Å²) in [6.07, 6.45) is 10.9. The van der Waals surface area contributed by atoms with Crippen LogP contribution in [0, 0.1) is 76.2 Å². The van der Waals surface area contributed by atoms with Crippen molar-refractivity contribution in [2.45, 2.75) is 76.2 Å². The molecule has 10 nitrogen and oxygen atoms in total. The van der Waals surface area contributed by atoms with Gasteiger partial charge in [0.2, 0.25) is 5.01 Å². The molecule has 1 aromatic carbocycles. The van der Waals surface area contributed by atoms with E-state index in [1.54, 1.807) is 29.2 Å². The van der Waals surface area contributed by atoms with E-state index in [2.05, 4.69) is 90.1 Å². The topological polar surface area (TPSA) is 123 Å². The van der Waals surface area contributed by atoms with Crippen molar-refractivity contribution < 1.29 is 3.96 Å². The van der Waals surface area contributed by atoms with Crippen molar-refractivity contribution in [1.82, 2.24) is 45.1 Å². The Morgan fingerprint density at radius 3 is 1.18 bits per heavy atom. The first kappa shape index (κ1) is 38.7. The summed E-state index contributed by atoms with van der Waals surface area (Å²) in [4.78, 5) is 29.1. The lowest BCUT2D eigenvalue weighted by Crippen LogP contribution is -2.19. The minimum absolute atomic E-state index is 0.803. The maximum absolute atomic E-state index is 4.03. The number of nitrogens with one attached hydrogen (secondary N) is 1. The predicted molar refractivity (Wildman–Crippen MR) is 184 cm³/mol. The molecule has 0 aliphatic heterocycles. The van der Waals surface area contributed by atoms with Gasteiger partial charge in [0.25, 0.3) is 6.33 Å². The van der Waals surface area contributed by atoms with Crippen molar-refractivity contribution in [3.05, 3.63) is 122 Å². The van der Waals surface area contributed by atoms with Gasteiger partial charge >= 0.3 is 0 Å². The fourth-order valence-electron chi connectivity index (χ4n) is 2.89. The second kappa shape index (κ2) is 21.4. The summed E-state index contributed by atoms with van der Waals surface area (Å²) in [5, 5.41) is 8.75. The average molecular weight is 648 g/mol. The van der Waals surface area contributed by atoms with E-state index < -0.39 is 0 Å². The maximum Gasteiger partial charge on any atom is 0.298 e. The van der Waals surface area contributed by atoms with E-state index in [1.807, 2.05) is 97.4 Å². The molecule has 0 fully saturated rings. The van der Waals surface area contributed by atoms with Gasteiger partial charge < -0.3 is 0 Å². The third-order valence-electron chi connectivity index (χ3n) is 5.16. The predicted octanol–water partition coefficient (Wildman–Crippen LogP) is 6.95. The summed E-state index contributed by atoms with van der Waals surface area (Å²) in [6, 6.07) is 8.48. The van der Waals surface area contributed by atoms with E-state index in [0.29, 0.717) is 0 Å². The average Bonchev–Trinajstić information content (AvgIpc) is 3.70. The molecule has 6 rings (SSSR count). The van der Waals surface area contributed by atoms with E-state index >= 15 is 0 Å². The molecule has 1 N–H and O–H groups in total. The van der Waals surface area contributed by atoms with Crippen LogP contribution in [0.4, 0.5) is 0 Å². The van der Waals surface area contributed by atoms with E-state index in [-0.39, 0.29) is 0 Å². The highest BCUT2D eigenvalue weighted by Gasteiger charge is 1.96. The van der Waals surface area contributed by atoms with E-state index in [9.17, 15) is 0 Å². The summed E-state index contributed by atoms with van der Waals surface area (Å²) < 4.78 is 1.97. The molecule has 0 aliphatic rings. The third kappa shape index (κ3) is 20.3. The van der Waals surface area contributed by atoms with Crippen LogP contribution in [0.3, 0.4) is 0 Å². The summed E-state index contributed by atoms with van der Waals surface area (Å²) in [5.41, 5.74) is 4.87. The van der Waals surface area contributed by atoms with Gasteiger partial charge in [0, 0.05) is 42.8 Å². The molecular formula is C33H47N10S2+. The van der Waals surface area contributed by atoms with Gasteiger partial charge in [-0.3, -0.25) is 5.10 Å². The number of thiazole rings is 1. The van der Waals surface area contributed by atoms with Gasteiger partial charge in [-0.05, 0) is 85.3 Å². The van der Waals surface area contributed by atoms with E-state index in [4.69, 9.17) is 0 Å². The van der Waals surface area contributed by atoms with Crippen LogP contribution in [0.2, 0.25) is 0 Å². The molecule has 0 atom stereocenters. The minimum atomic E-state index is 0.803. The first-order valence-corrected chi connectivity index (χ1v) is 15.9. The van der Waals surface area contributed by atoms with Crippen molar-refractivity contribution >= 4 is 22.9 Å². The van der Waals surface area contributed by atoms with Gasteiger partial charge in [0.1, 0.15) is 23.3 Å². The Bertz CT molecular complexity index is 1300. The lowest BCUT2D eigenvalue weighted by atomic mass is 10.2. The molecule has 240 valence electrons. The molecule has 12 heteroatoms. The zero-order chi connectivity index (χ0) is 33.8. The van der Waals surface area contributed by atoms with Crippen molar-refractivity contribution in [2.24, 2.45) is 7.05 Å². The van der Waals surface area contributed by atoms with E-state index in [1.165, 1.54) is 16.0 Å². The van der Waals surface area contributed by atoms with Gasteiger partial charge in [0.15, 0.2) is 0 Å². The number of hydrogen-bond donors (Lipinski definition) is 1. The number of benzene rings is 1. The molecule has 5 aromatic heterocycles. The van der Waals surface area contributed by atoms with Crippen LogP contribution in [-0.2, 0) is 7.05 Å². The summed E-state index contributed by atoms with van der Waals surface area (Å²) >= 11 is 3.38. The van der Waals surface area contributed by atoms with Crippen LogP contribution in [0.5, 0.6) is 0 Å². The second-order valence-electron chi connectivity index (χ2n) is 10.1. The molecule has 0 saturated carbocycles. The number of hydrogen-bond acceptors (Lipinski definition) is 10. The highest BCUT2D eigenvalue weighted by Crippen LogP contribution is 2.07. The third-order valence-corrected chi connectivity index (χ3v) is 6.74. The Morgan fingerprint density at radius 1 is 0.533 bits per heavy atom. The number of aromatic amines is 1. The zero-order valence-corrected chi connectivity index (χ0v) is 30.2. The van der Waals surface area contributed by atoms with Gasteiger partial charge in [-0.25, -0.2) is 29.9 Å². The SMILES string of the molecule is Cc1ccc(C)cc1.Cc1cnc(C)nc1.Cc1cnc(C)nc1.Cc1cnc(C)s1.Cc1n[nH]c(C)n1.Cc1nc[n+](C)s1. The lowest BCUT2D eigenvalue weighted by molar-refractivity contribution is -0.603. The Morgan fingerprint density at radius 2 is 1.00 bits per heavy atom. The van der Waals surface area contributed by atoms with Crippen LogP contribution >= 0.6 is 22.9 Å². The first-order valence-electron chi connectivity index (χ1n) is 14.3. The summed E-state index contributed by atoms with van der Waals surface area (Å²) in [6.45, 7) is 21.7. The fourth-order valence-corrected chi connectivity index (χ4v) is 4.17. The zero-order valence-electron chi connectivity index (χ0n) is 28.6. The molecule has 45 heavy (non-hydrogen) atoms. The fraction of sp³-hybridized carbons (Fsp3) is 0.364. The number of H-pyrrole nitrogens is 1. The molecule has 6 aromatic rings. The van der Waals surface area contributed by atoms with Crippen molar-refractivity contribution in [3.63, 3.8) is 0 Å². The molecule has 0 bridgehead atoms. The number of aryl methyl sites for hydroxylation is 12. The smallest absolute Gasteiger partial charge is 0.263 e. The maximum atomic E-state index is 4.03. The molecule has 0 saturated heterocycles. The quantitative estimate of drug-likeness (QED) is 0.176. The van der Waals surface area contributed by atoms with Crippen molar-refractivity contribution in [2.75, 3.05) is 0 Å². The Balaban J connectivity index is 0.000000270. The standard InChI is InChI=1S/C8H10.2C6H8N2.C5H7NS.C4H7N3.C4H7N2S/c1-7-3-5-8(2)6-4-7;2*1-5-3-7-6(2)8-4-5;1-4-3-6-5(2)7-4;1-3-5-4(2)7-6-3;1-4-5-3-6(2)7-4/h3-6H,1-2H3;2*3-4H,1-2H3;3H,1-2H3;1-2H3,(H,5,6,7);3H,1-2H3/q;;;;;+1. The van der Waals surface area contributed by atoms with Crippen LogP contribution in [0.15, 0.2) is 61.6 Å². The molecule has 0 radical (unpaired) electrons. The number of nitrogens with zero attached hydrogens (tertiary/aromatic N) is 9. The Labute approximate surface area is 276 Å². The van der Waals surface area contributed by atoms with Crippen molar-refractivity contribution in [1.29, 1.82) is 0 Å². The van der Waals surface area contributed by atoms with Crippen LogP contribution in [0.1, 0.15) is 60.4 Å². The largest absolute Gasteiger partial charge is 0.298 e. The van der Waals surface area contributed by atoms with E-state index in [0.717, 1.165) is 44.4 Å². The minimum Gasteiger partial charge on any atom is -0.263 e. The van der Waals surface area contributed by atoms with Gasteiger partial charge in [-0.15, -0.1) is 11.3 Å².